The number of halogens is 3. The molecular weight excluding hydrogens is 391 g/mol. The van der Waals surface area contributed by atoms with Crippen molar-refractivity contribution in [3.8, 4) is 0 Å². The highest BCUT2D eigenvalue weighted by Crippen LogP contribution is 2.37. The molecule has 9 heteroatoms. The molecule has 1 aromatic heterocycles. The van der Waals surface area contributed by atoms with Crippen molar-refractivity contribution in [2.75, 3.05) is 0 Å². The highest BCUT2D eigenvalue weighted by atomic mass is 32.2. The van der Waals surface area contributed by atoms with E-state index in [0.717, 1.165) is 32.1 Å². The number of hydrogen-bond acceptors (Lipinski definition) is 5. The van der Waals surface area contributed by atoms with Crippen LogP contribution in [0.5, 0.6) is 0 Å². The molecule has 0 atom stereocenters. The Labute approximate surface area is 164 Å². The molecule has 1 N–H and O–H groups in total. The van der Waals surface area contributed by atoms with Crippen LogP contribution < -0.4 is 5.32 Å². The van der Waals surface area contributed by atoms with Crippen molar-refractivity contribution in [3.63, 3.8) is 0 Å². The Balaban J connectivity index is 1.67. The average Bonchev–Trinajstić information content (AvgIpc) is 3.08. The van der Waals surface area contributed by atoms with Gasteiger partial charge in [-0.2, -0.15) is 18.2 Å². The molecule has 5 nitrogen and oxygen atoms in total. The summed E-state index contributed by atoms with van der Waals surface area (Å²) in [5, 5.41) is 7.01. The van der Waals surface area contributed by atoms with E-state index in [9.17, 15) is 18.0 Å². The van der Waals surface area contributed by atoms with Gasteiger partial charge in [-0.1, -0.05) is 36.6 Å². The lowest BCUT2D eigenvalue weighted by atomic mass is 9.81. The molecule has 0 unspecified atom stereocenters. The monoisotopic (exact) mass is 411 g/mol. The number of aryl methyl sites for hydroxylation is 1. The van der Waals surface area contributed by atoms with Crippen molar-refractivity contribution >= 4 is 23.7 Å². The summed E-state index contributed by atoms with van der Waals surface area (Å²) in [6.45, 7) is 1.70. The van der Waals surface area contributed by atoms with Gasteiger partial charge in [0.1, 0.15) is 5.54 Å². The van der Waals surface area contributed by atoms with Gasteiger partial charge in [-0.05, 0) is 48.4 Å². The van der Waals surface area contributed by atoms with Crippen molar-refractivity contribution in [2.24, 2.45) is 0 Å². The topological polar surface area (TPSA) is 68.0 Å². The zero-order valence-electron chi connectivity index (χ0n) is 15.3. The molecule has 1 aliphatic carbocycles. The molecule has 1 heterocycles. The second-order valence-electron chi connectivity index (χ2n) is 6.72. The van der Waals surface area contributed by atoms with E-state index in [1.165, 1.54) is 30.3 Å². The zero-order chi connectivity index (χ0) is 20.2. The van der Waals surface area contributed by atoms with E-state index in [1.807, 2.05) is 0 Å². The molecule has 1 fully saturated rings. The van der Waals surface area contributed by atoms with Crippen LogP contribution in [-0.4, -0.2) is 21.6 Å². The van der Waals surface area contributed by atoms with E-state index in [4.69, 9.17) is 4.52 Å². The van der Waals surface area contributed by atoms with Gasteiger partial charge < -0.3 is 9.84 Å². The number of hydrogen-bond donors (Lipinski definition) is 1. The lowest BCUT2D eigenvalue weighted by molar-refractivity contribution is -0.119. The number of alkyl halides is 3. The van der Waals surface area contributed by atoms with Crippen LogP contribution in [0.1, 0.15) is 49.4 Å². The van der Waals surface area contributed by atoms with E-state index in [2.05, 4.69) is 15.5 Å². The summed E-state index contributed by atoms with van der Waals surface area (Å²) in [5.41, 5.74) is -4.33. The minimum absolute atomic E-state index is 0.0998. The first-order valence-corrected chi connectivity index (χ1v) is 9.74. The molecule has 1 amide bonds. The van der Waals surface area contributed by atoms with Crippen molar-refractivity contribution in [1.29, 1.82) is 0 Å². The van der Waals surface area contributed by atoms with Gasteiger partial charge in [0.25, 0.3) is 0 Å². The normalized spacial score (nSPS) is 17.0. The number of rotatable bonds is 5. The number of carbonyl (C=O) groups excluding carboxylic acids is 1. The standard InChI is InChI=1S/C19H20F3N3O2S/c1-13-23-17(25-27-13)18(11-3-2-4-12-18)24-16(26)10-7-14-5-8-15(9-6-14)28-19(20,21)22/h5-10H,2-4,11-12H2,1H3,(H,24,26)/b10-7+. The Morgan fingerprint density at radius 1 is 1.21 bits per heavy atom. The van der Waals surface area contributed by atoms with Crippen molar-refractivity contribution in [3.05, 3.63) is 47.6 Å². The molecule has 0 aliphatic heterocycles. The number of aromatic nitrogens is 2. The minimum Gasteiger partial charge on any atom is -0.340 e. The van der Waals surface area contributed by atoms with Gasteiger partial charge >= 0.3 is 5.51 Å². The number of nitrogens with one attached hydrogen (secondary N) is 1. The van der Waals surface area contributed by atoms with Gasteiger partial charge in [0.05, 0.1) is 0 Å². The summed E-state index contributed by atoms with van der Waals surface area (Å²) in [6.07, 6.45) is 7.40. The molecule has 1 saturated carbocycles. The summed E-state index contributed by atoms with van der Waals surface area (Å²) < 4.78 is 42.2. The number of nitrogens with zero attached hydrogens (tertiary/aromatic N) is 2. The Morgan fingerprint density at radius 2 is 1.89 bits per heavy atom. The van der Waals surface area contributed by atoms with Crippen LogP contribution in [0.25, 0.3) is 6.08 Å². The van der Waals surface area contributed by atoms with Gasteiger partial charge in [-0.15, -0.1) is 0 Å². The first-order valence-electron chi connectivity index (χ1n) is 8.93. The molecule has 0 bridgehead atoms. The fraction of sp³-hybridized carbons (Fsp3) is 0.421. The van der Waals surface area contributed by atoms with Gasteiger partial charge in [0.2, 0.25) is 11.8 Å². The predicted octanol–water partition coefficient (Wildman–Crippen LogP) is 4.98. The fourth-order valence-electron chi connectivity index (χ4n) is 3.28. The van der Waals surface area contributed by atoms with Gasteiger partial charge in [-0.3, -0.25) is 4.79 Å². The third kappa shape index (κ3) is 5.37. The van der Waals surface area contributed by atoms with Crippen LogP contribution in [-0.2, 0) is 10.3 Å². The summed E-state index contributed by atoms with van der Waals surface area (Å²) in [6, 6.07) is 5.83. The van der Waals surface area contributed by atoms with E-state index < -0.39 is 11.0 Å². The maximum absolute atomic E-state index is 12.5. The summed E-state index contributed by atoms with van der Waals surface area (Å²) in [5.74, 6) is 0.625. The van der Waals surface area contributed by atoms with Gasteiger partial charge in [-0.25, -0.2) is 0 Å². The first kappa shape index (κ1) is 20.4. The van der Waals surface area contributed by atoms with Gasteiger partial charge in [0, 0.05) is 17.9 Å². The Bertz CT molecular complexity index is 841. The van der Waals surface area contributed by atoms with Crippen LogP contribution in [0.2, 0.25) is 0 Å². The van der Waals surface area contributed by atoms with Crippen LogP contribution in [0.4, 0.5) is 13.2 Å². The molecule has 1 aliphatic rings. The number of carbonyl (C=O) groups is 1. The fourth-order valence-corrected chi connectivity index (χ4v) is 3.82. The van der Waals surface area contributed by atoms with Gasteiger partial charge in [0.15, 0.2) is 5.82 Å². The van der Waals surface area contributed by atoms with E-state index in [-0.39, 0.29) is 22.6 Å². The number of thioether (sulfide) groups is 1. The summed E-state index contributed by atoms with van der Waals surface area (Å²) in [4.78, 5) is 16.9. The third-order valence-electron chi connectivity index (χ3n) is 4.57. The lowest BCUT2D eigenvalue weighted by Crippen LogP contribution is -2.47. The molecular formula is C19H20F3N3O2S. The molecule has 3 rings (SSSR count). The Morgan fingerprint density at radius 3 is 2.46 bits per heavy atom. The van der Waals surface area contributed by atoms with Crippen LogP contribution >= 0.6 is 11.8 Å². The quantitative estimate of drug-likeness (QED) is 0.555. The number of benzene rings is 1. The smallest absolute Gasteiger partial charge is 0.340 e. The second-order valence-corrected chi connectivity index (χ2v) is 7.86. The maximum atomic E-state index is 12.5. The zero-order valence-corrected chi connectivity index (χ0v) is 16.1. The summed E-state index contributed by atoms with van der Waals surface area (Å²) >= 11 is -0.170. The number of amides is 1. The minimum atomic E-state index is -4.32. The molecule has 2 aromatic rings. The maximum Gasteiger partial charge on any atom is 0.446 e. The molecule has 1 aromatic carbocycles. The van der Waals surface area contributed by atoms with E-state index in [1.54, 1.807) is 13.0 Å². The van der Waals surface area contributed by atoms with Crippen molar-refractivity contribution < 1.29 is 22.5 Å². The molecule has 0 spiro atoms. The Kier molecular flexibility index (Phi) is 6.12. The van der Waals surface area contributed by atoms with Crippen molar-refractivity contribution in [2.45, 2.75) is 55.0 Å². The average molecular weight is 411 g/mol. The highest BCUT2D eigenvalue weighted by molar-refractivity contribution is 8.00. The summed E-state index contributed by atoms with van der Waals surface area (Å²) in [7, 11) is 0. The second kappa shape index (κ2) is 8.38. The highest BCUT2D eigenvalue weighted by Gasteiger charge is 2.39. The predicted molar refractivity (Wildman–Crippen MR) is 99.3 cm³/mol. The van der Waals surface area contributed by atoms with E-state index in [0.29, 0.717) is 17.3 Å². The Hall–Kier alpha value is -2.29. The van der Waals surface area contributed by atoms with E-state index >= 15 is 0 Å². The lowest BCUT2D eigenvalue weighted by Gasteiger charge is -2.34. The van der Waals surface area contributed by atoms with Crippen LogP contribution in [0.15, 0.2) is 39.8 Å². The van der Waals surface area contributed by atoms with Crippen LogP contribution in [0, 0.1) is 6.92 Å². The first-order chi connectivity index (χ1) is 13.3. The molecule has 0 radical (unpaired) electrons. The molecule has 28 heavy (non-hydrogen) atoms. The largest absolute Gasteiger partial charge is 0.446 e. The molecule has 0 saturated heterocycles. The molecule has 150 valence electrons. The van der Waals surface area contributed by atoms with Crippen LogP contribution in [0.3, 0.4) is 0 Å². The van der Waals surface area contributed by atoms with Crippen molar-refractivity contribution in [1.82, 2.24) is 15.5 Å². The third-order valence-corrected chi connectivity index (χ3v) is 5.31. The SMILES string of the molecule is Cc1nc(C2(NC(=O)/C=C/c3ccc(SC(F)(F)F)cc3)CCCCC2)no1.